The maximum Gasteiger partial charge on any atom is 0.0890 e. The zero-order valence-electron chi connectivity index (χ0n) is 15.0. The van der Waals surface area contributed by atoms with Crippen LogP contribution in [0.1, 0.15) is 18.4 Å². The van der Waals surface area contributed by atoms with Crippen LogP contribution in [0, 0.1) is 0 Å². The van der Waals surface area contributed by atoms with Gasteiger partial charge in [-0.15, -0.1) is 0 Å². The van der Waals surface area contributed by atoms with Gasteiger partial charge in [0.05, 0.1) is 39.2 Å². The topological polar surface area (TPSA) is 66.0 Å². The van der Waals surface area contributed by atoms with Crippen LogP contribution in [-0.4, -0.2) is 40.1 Å². The van der Waals surface area contributed by atoms with Gasteiger partial charge >= 0.3 is 0 Å². The Kier molecular flexibility index (Phi) is 4.10. The van der Waals surface area contributed by atoms with Crippen molar-refractivity contribution in [2.75, 3.05) is 29.9 Å². The highest BCUT2D eigenvalue weighted by atomic mass is 35.5. The predicted octanol–water partition coefficient (Wildman–Crippen LogP) is 3.23. The van der Waals surface area contributed by atoms with Gasteiger partial charge in [0, 0.05) is 44.8 Å². The number of hydrogen-bond acceptors (Lipinski definition) is 6. The highest BCUT2D eigenvalue weighted by molar-refractivity contribution is 6.33. The van der Waals surface area contributed by atoms with E-state index in [1.807, 2.05) is 12.3 Å². The number of nitrogens with one attached hydrogen (secondary N) is 2. The van der Waals surface area contributed by atoms with Crippen molar-refractivity contribution in [1.82, 2.24) is 20.3 Å². The molecule has 1 aliphatic heterocycles. The Morgan fingerprint density at radius 3 is 2.85 bits per heavy atom. The van der Waals surface area contributed by atoms with Gasteiger partial charge in [0.1, 0.15) is 0 Å². The van der Waals surface area contributed by atoms with Crippen molar-refractivity contribution >= 4 is 34.0 Å². The standard InChI is InChI=1S/C20H21ClN6/c21-15-11-23-12-18(19(15)27-8-7-22-13-20(27)3-4-20)26-10-14-1-2-16-17(9-14)25-6-5-24-16/h1-2,5-6,9,11-12,22,26H,3-4,7-8,10,13H2. The number of hydrogen-bond donors (Lipinski definition) is 2. The molecule has 7 heteroatoms. The first-order chi connectivity index (χ1) is 13.3. The van der Waals surface area contributed by atoms with E-state index in [1.54, 1.807) is 18.6 Å². The number of anilines is 2. The van der Waals surface area contributed by atoms with Crippen LogP contribution in [0.25, 0.3) is 11.0 Å². The Morgan fingerprint density at radius 2 is 2.00 bits per heavy atom. The molecule has 0 amide bonds. The van der Waals surface area contributed by atoms with Crippen molar-refractivity contribution in [1.29, 1.82) is 0 Å². The Morgan fingerprint density at radius 1 is 1.15 bits per heavy atom. The molecule has 2 aromatic heterocycles. The first kappa shape index (κ1) is 16.7. The second-order valence-corrected chi connectivity index (χ2v) is 7.71. The number of pyridine rings is 1. The summed E-state index contributed by atoms with van der Waals surface area (Å²) < 4.78 is 0. The maximum absolute atomic E-state index is 6.59. The molecule has 0 unspecified atom stereocenters. The molecule has 27 heavy (non-hydrogen) atoms. The molecule has 1 aliphatic carbocycles. The average molecular weight is 381 g/mol. The van der Waals surface area contributed by atoms with Crippen LogP contribution in [0.2, 0.25) is 5.02 Å². The van der Waals surface area contributed by atoms with E-state index in [2.05, 4.69) is 42.6 Å². The zero-order valence-corrected chi connectivity index (χ0v) is 15.7. The number of fused-ring (bicyclic) bond motifs is 1. The summed E-state index contributed by atoms with van der Waals surface area (Å²) >= 11 is 6.59. The second-order valence-electron chi connectivity index (χ2n) is 7.30. The van der Waals surface area contributed by atoms with Crippen LogP contribution in [0.4, 0.5) is 11.4 Å². The summed E-state index contributed by atoms with van der Waals surface area (Å²) in [5.41, 5.74) is 5.23. The van der Waals surface area contributed by atoms with E-state index in [0.717, 1.165) is 47.6 Å². The predicted molar refractivity (Wildman–Crippen MR) is 108 cm³/mol. The van der Waals surface area contributed by atoms with Gasteiger partial charge in [0.25, 0.3) is 0 Å². The van der Waals surface area contributed by atoms with Crippen molar-refractivity contribution in [3.05, 3.63) is 53.6 Å². The molecule has 1 aromatic carbocycles. The van der Waals surface area contributed by atoms with Gasteiger partial charge < -0.3 is 15.5 Å². The molecule has 2 aliphatic rings. The minimum absolute atomic E-state index is 0.220. The molecule has 3 heterocycles. The van der Waals surface area contributed by atoms with E-state index >= 15 is 0 Å². The molecule has 1 saturated heterocycles. The Labute approximate surface area is 163 Å². The van der Waals surface area contributed by atoms with Crippen LogP contribution >= 0.6 is 11.6 Å². The van der Waals surface area contributed by atoms with Crippen LogP contribution in [-0.2, 0) is 6.54 Å². The van der Waals surface area contributed by atoms with Gasteiger partial charge in [0.15, 0.2) is 0 Å². The largest absolute Gasteiger partial charge is 0.378 e. The van der Waals surface area contributed by atoms with Gasteiger partial charge in [-0.3, -0.25) is 15.0 Å². The summed E-state index contributed by atoms with van der Waals surface area (Å²) in [6.07, 6.45) is 9.47. The molecule has 1 saturated carbocycles. The molecule has 138 valence electrons. The maximum atomic E-state index is 6.59. The van der Waals surface area contributed by atoms with Crippen LogP contribution in [0.15, 0.2) is 43.0 Å². The molecule has 0 atom stereocenters. The highest BCUT2D eigenvalue weighted by Crippen LogP contribution is 2.48. The molecular weight excluding hydrogens is 360 g/mol. The van der Waals surface area contributed by atoms with Crippen molar-refractivity contribution in [2.24, 2.45) is 0 Å². The molecule has 3 aromatic rings. The Balaban J connectivity index is 1.42. The molecule has 2 N–H and O–H groups in total. The minimum atomic E-state index is 0.220. The van der Waals surface area contributed by atoms with E-state index < -0.39 is 0 Å². The lowest BCUT2D eigenvalue weighted by molar-refractivity contribution is 0.464. The molecule has 0 radical (unpaired) electrons. The zero-order chi connectivity index (χ0) is 18.3. The summed E-state index contributed by atoms with van der Waals surface area (Å²) in [5.74, 6) is 0. The fourth-order valence-corrected chi connectivity index (χ4v) is 4.19. The number of piperazine rings is 1. The molecule has 6 nitrogen and oxygen atoms in total. The van der Waals surface area contributed by atoms with Gasteiger partial charge in [-0.05, 0) is 30.5 Å². The number of benzene rings is 1. The smallest absolute Gasteiger partial charge is 0.0890 e. The van der Waals surface area contributed by atoms with E-state index in [0.29, 0.717) is 11.6 Å². The first-order valence-corrected chi connectivity index (χ1v) is 9.68. The molecule has 5 rings (SSSR count). The van der Waals surface area contributed by atoms with Crippen molar-refractivity contribution in [3.63, 3.8) is 0 Å². The fraction of sp³-hybridized carbons (Fsp3) is 0.350. The Bertz CT molecular complexity index is 987. The number of halogens is 1. The third-order valence-electron chi connectivity index (χ3n) is 5.53. The second kappa shape index (κ2) is 6.62. The van der Waals surface area contributed by atoms with Gasteiger partial charge in [-0.1, -0.05) is 17.7 Å². The SMILES string of the molecule is Clc1cncc(NCc2ccc3nccnc3c2)c1N1CCNCC12CC2. The monoisotopic (exact) mass is 380 g/mol. The summed E-state index contributed by atoms with van der Waals surface area (Å²) in [6, 6.07) is 6.15. The van der Waals surface area contributed by atoms with E-state index in [-0.39, 0.29) is 5.54 Å². The highest BCUT2D eigenvalue weighted by Gasteiger charge is 2.50. The molecule has 0 bridgehead atoms. The summed E-state index contributed by atoms with van der Waals surface area (Å²) in [4.78, 5) is 15.5. The third kappa shape index (κ3) is 3.09. The molecular formula is C20H21ClN6. The van der Waals surface area contributed by atoms with Gasteiger partial charge in [-0.2, -0.15) is 0 Å². The van der Waals surface area contributed by atoms with E-state index in [9.17, 15) is 0 Å². The number of rotatable bonds is 4. The molecule has 2 fully saturated rings. The van der Waals surface area contributed by atoms with Crippen molar-refractivity contribution < 1.29 is 0 Å². The number of nitrogens with zero attached hydrogens (tertiary/aromatic N) is 4. The summed E-state index contributed by atoms with van der Waals surface area (Å²) in [7, 11) is 0. The van der Waals surface area contributed by atoms with Crippen LogP contribution in [0.3, 0.4) is 0 Å². The normalized spacial score (nSPS) is 18.0. The lowest BCUT2D eigenvalue weighted by Gasteiger charge is -2.40. The summed E-state index contributed by atoms with van der Waals surface area (Å²) in [5, 5.41) is 7.76. The quantitative estimate of drug-likeness (QED) is 0.724. The lowest BCUT2D eigenvalue weighted by atomic mass is 10.1. The van der Waals surface area contributed by atoms with E-state index in [1.165, 1.54) is 12.8 Å². The average Bonchev–Trinajstić information content (AvgIpc) is 3.47. The van der Waals surface area contributed by atoms with E-state index in [4.69, 9.17) is 11.6 Å². The number of aromatic nitrogens is 3. The first-order valence-electron chi connectivity index (χ1n) is 9.31. The fourth-order valence-electron chi connectivity index (χ4n) is 3.93. The lowest BCUT2D eigenvalue weighted by Crippen LogP contribution is -2.53. The molecule has 1 spiro atoms. The summed E-state index contributed by atoms with van der Waals surface area (Å²) in [6.45, 7) is 3.64. The van der Waals surface area contributed by atoms with Crippen molar-refractivity contribution in [3.8, 4) is 0 Å². The van der Waals surface area contributed by atoms with Crippen molar-refractivity contribution in [2.45, 2.75) is 24.9 Å². The van der Waals surface area contributed by atoms with Gasteiger partial charge in [0.2, 0.25) is 0 Å². The van der Waals surface area contributed by atoms with Crippen LogP contribution < -0.4 is 15.5 Å². The minimum Gasteiger partial charge on any atom is -0.378 e. The third-order valence-corrected chi connectivity index (χ3v) is 5.80. The Hall–Kier alpha value is -2.44. The van der Waals surface area contributed by atoms with Crippen LogP contribution in [0.5, 0.6) is 0 Å². The van der Waals surface area contributed by atoms with Gasteiger partial charge in [-0.25, -0.2) is 0 Å².